The Kier molecular flexibility index (Phi) is 4.57. The first-order valence-corrected chi connectivity index (χ1v) is 6.93. The van der Waals surface area contributed by atoms with Crippen LogP contribution in [0.3, 0.4) is 0 Å². The average molecular weight is 258 g/mol. The fourth-order valence-corrected chi connectivity index (χ4v) is 2.49. The zero-order chi connectivity index (χ0) is 13.7. The Morgan fingerprint density at radius 2 is 2.32 bits per heavy atom. The molecule has 2 heterocycles. The summed E-state index contributed by atoms with van der Waals surface area (Å²) >= 11 is 0. The van der Waals surface area contributed by atoms with Crippen molar-refractivity contribution in [2.75, 3.05) is 13.1 Å². The molecule has 0 aromatic carbocycles. The molecule has 0 saturated carbocycles. The first-order valence-electron chi connectivity index (χ1n) is 6.93. The number of hydrogen-bond donors (Lipinski definition) is 1. The van der Waals surface area contributed by atoms with Crippen LogP contribution in [0.15, 0.2) is 24.5 Å². The summed E-state index contributed by atoms with van der Waals surface area (Å²) in [5.41, 5.74) is 0.367. The van der Waals surface area contributed by atoms with Gasteiger partial charge < -0.3 is 5.11 Å². The molecule has 0 radical (unpaired) electrons. The summed E-state index contributed by atoms with van der Waals surface area (Å²) in [7, 11) is 0. The van der Waals surface area contributed by atoms with Gasteiger partial charge in [-0.15, -0.1) is 0 Å². The molecule has 1 aliphatic heterocycles. The Balaban J connectivity index is 2.06. The summed E-state index contributed by atoms with van der Waals surface area (Å²) in [6.07, 6.45) is 7.41. The molecule has 3 heteroatoms. The Morgan fingerprint density at radius 1 is 1.47 bits per heavy atom. The van der Waals surface area contributed by atoms with Crippen LogP contribution in [-0.2, 0) is 0 Å². The van der Waals surface area contributed by atoms with Gasteiger partial charge in [0.1, 0.15) is 5.60 Å². The standard InChI is InChI=1S/C16H22N2O/c1-16(2,19)9-6-12-18-11-4-3-8-15(18)14-7-5-10-17-13-14/h5,7,10,13,15,19H,3-4,8,11-12H2,1-2H3/t15-/m0/s1. The van der Waals surface area contributed by atoms with E-state index in [4.69, 9.17) is 0 Å². The van der Waals surface area contributed by atoms with Crippen molar-refractivity contribution in [2.24, 2.45) is 0 Å². The van der Waals surface area contributed by atoms with Gasteiger partial charge in [-0.25, -0.2) is 0 Å². The zero-order valence-electron chi connectivity index (χ0n) is 11.8. The maximum Gasteiger partial charge on any atom is 0.120 e. The van der Waals surface area contributed by atoms with Crippen LogP contribution >= 0.6 is 0 Å². The third kappa shape index (κ3) is 4.34. The third-order valence-corrected chi connectivity index (χ3v) is 3.36. The molecule has 1 saturated heterocycles. The van der Waals surface area contributed by atoms with Crippen LogP contribution in [0.1, 0.15) is 44.7 Å². The van der Waals surface area contributed by atoms with Gasteiger partial charge in [-0.1, -0.05) is 24.3 Å². The van der Waals surface area contributed by atoms with E-state index in [2.05, 4.69) is 27.8 Å². The second-order valence-corrected chi connectivity index (χ2v) is 5.63. The summed E-state index contributed by atoms with van der Waals surface area (Å²) in [5, 5.41) is 9.63. The molecule has 1 aromatic rings. The van der Waals surface area contributed by atoms with Crippen LogP contribution in [0, 0.1) is 11.8 Å². The van der Waals surface area contributed by atoms with Crippen molar-refractivity contribution in [1.82, 2.24) is 9.88 Å². The van der Waals surface area contributed by atoms with Crippen LogP contribution in [0.25, 0.3) is 0 Å². The molecule has 1 aliphatic rings. The number of piperidine rings is 1. The van der Waals surface area contributed by atoms with Crippen LogP contribution in [0.5, 0.6) is 0 Å². The van der Waals surface area contributed by atoms with Crippen molar-refractivity contribution < 1.29 is 5.11 Å². The Hall–Kier alpha value is -1.37. The lowest BCUT2D eigenvalue weighted by Crippen LogP contribution is -2.34. The molecule has 1 aromatic heterocycles. The molecule has 19 heavy (non-hydrogen) atoms. The highest BCUT2D eigenvalue weighted by Gasteiger charge is 2.23. The number of likely N-dealkylation sites (tertiary alicyclic amines) is 1. The summed E-state index contributed by atoms with van der Waals surface area (Å²) in [6.45, 7) is 5.22. The molecule has 3 nitrogen and oxygen atoms in total. The van der Waals surface area contributed by atoms with Crippen molar-refractivity contribution in [3.63, 3.8) is 0 Å². The molecule has 0 aliphatic carbocycles. The second kappa shape index (κ2) is 6.18. The predicted molar refractivity (Wildman–Crippen MR) is 76.5 cm³/mol. The molecule has 0 spiro atoms. The lowest BCUT2D eigenvalue weighted by atomic mass is 9.96. The molecule has 0 bridgehead atoms. The Labute approximate surface area is 115 Å². The highest BCUT2D eigenvalue weighted by atomic mass is 16.3. The minimum Gasteiger partial charge on any atom is -0.378 e. The summed E-state index contributed by atoms with van der Waals surface area (Å²) in [4.78, 5) is 6.60. The van der Waals surface area contributed by atoms with Gasteiger partial charge in [0.05, 0.1) is 6.54 Å². The molecule has 0 unspecified atom stereocenters. The van der Waals surface area contributed by atoms with Crippen LogP contribution < -0.4 is 0 Å². The number of hydrogen-bond acceptors (Lipinski definition) is 3. The van der Waals surface area contributed by atoms with Crippen molar-refractivity contribution in [3.05, 3.63) is 30.1 Å². The molecular weight excluding hydrogens is 236 g/mol. The first kappa shape index (κ1) is 14.0. The van der Waals surface area contributed by atoms with Crippen LogP contribution in [0.4, 0.5) is 0 Å². The van der Waals surface area contributed by atoms with Gasteiger partial charge in [-0.2, -0.15) is 0 Å². The van der Waals surface area contributed by atoms with E-state index < -0.39 is 5.60 Å². The minimum absolute atomic E-state index is 0.415. The zero-order valence-corrected chi connectivity index (χ0v) is 11.8. The molecule has 1 N–H and O–H groups in total. The predicted octanol–water partition coefficient (Wildman–Crippen LogP) is 2.38. The summed E-state index contributed by atoms with van der Waals surface area (Å²) in [5.74, 6) is 5.99. The second-order valence-electron chi connectivity index (χ2n) is 5.63. The third-order valence-electron chi connectivity index (χ3n) is 3.36. The SMILES string of the molecule is CC(C)(O)C#CCN1CCCC[C@H]1c1cccnc1. The Morgan fingerprint density at radius 3 is 3.00 bits per heavy atom. The monoisotopic (exact) mass is 258 g/mol. The van der Waals surface area contributed by atoms with Crippen molar-refractivity contribution in [1.29, 1.82) is 0 Å². The summed E-state index contributed by atoms with van der Waals surface area (Å²) < 4.78 is 0. The van der Waals surface area contributed by atoms with Gasteiger partial charge >= 0.3 is 0 Å². The molecular formula is C16H22N2O. The lowest BCUT2D eigenvalue weighted by Gasteiger charge is -2.34. The van der Waals surface area contributed by atoms with Crippen molar-refractivity contribution in [3.8, 4) is 11.8 Å². The summed E-state index contributed by atoms with van der Waals surface area (Å²) in [6, 6.07) is 4.54. The topological polar surface area (TPSA) is 36.4 Å². The van der Waals surface area contributed by atoms with E-state index in [1.165, 1.54) is 18.4 Å². The van der Waals surface area contributed by atoms with Crippen LogP contribution in [-0.4, -0.2) is 33.7 Å². The lowest BCUT2D eigenvalue weighted by molar-refractivity contribution is 0.142. The normalized spacial score (nSPS) is 20.7. The molecule has 102 valence electrons. The van der Waals surface area contributed by atoms with Gasteiger partial charge in [0.15, 0.2) is 0 Å². The highest BCUT2D eigenvalue weighted by Crippen LogP contribution is 2.29. The largest absolute Gasteiger partial charge is 0.378 e. The fraction of sp³-hybridized carbons (Fsp3) is 0.562. The van der Waals surface area contributed by atoms with Gasteiger partial charge in [0.2, 0.25) is 0 Å². The Bertz CT molecular complexity index is 453. The van der Waals surface area contributed by atoms with Gasteiger partial charge in [0.25, 0.3) is 0 Å². The number of nitrogens with zero attached hydrogens (tertiary/aromatic N) is 2. The first-order chi connectivity index (χ1) is 9.06. The van der Waals surface area contributed by atoms with E-state index in [1.54, 1.807) is 13.8 Å². The average Bonchev–Trinajstić information content (AvgIpc) is 2.39. The number of aromatic nitrogens is 1. The maximum absolute atomic E-state index is 9.63. The maximum atomic E-state index is 9.63. The number of pyridine rings is 1. The van der Waals surface area contributed by atoms with Crippen LogP contribution in [0.2, 0.25) is 0 Å². The molecule has 1 fully saturated rings. The van der Waals surface area contributed by atoms with E-state index in [9.17, 15) is 5.11 Å². The molecule has 2 rings (SSSR count). The number of aliphatic hydroxyl groups is 1. The number of rotatable bonds is 2. The van der Waals surface area contributed by atoms with E-state index >= 15 is 0 Å². The molecule has 1 atom stereocenters. The van der Waals surface area contributed by atoms with Gasteiger partial charge in [0, 0.05) is 18.4 Å². The van der Waals surface area contributed by atoms with E-state index in [0.717, 1.165) is 13.0 Å². The van der Waals surface area contributed by atoms with Crippen molar-refractivity contribution >= 4 is 0 Å². The molecule has 0 amide bonds. The van der Waals surface area contributed by atoms with E-state index in [1.807, 2.05) is 18.5 Å². The van der Waals surface area contributed by atoms with Gasteiger partial charge in [-0.3, -0.25) is 9.88 Å². The van der Waals surface area contributed by atoms with E-state index in [0.29, 0.717) is 12.6 Å². The highest BCUT2D eigenvalue weighted by molar-refractivity contribution is 5.17. The van der Waals surface area contributed by atoms with Gasteiger partial charge in [-0.05, 0) is 44.9 Å². The quantitative estimate of drug-likeness (QED) is 0.827. The van der Waals surface area contributed by atoms with Crippen molar-refractivity contribution in [2.45, 2.75) is 44.8 Å². The smallest absolute Gasteiger partial charge is 0.120 e. The fourth-order valence-electron chi connectivity index (χ4n) is 2.49. The minimum atomic E-state index is -0.903. The van der Waals surface area contributed by atoms with E-state index in [-0.39, 0.29) is 0 Å².